The van der Waals surface area contributed by atoms with Crippen LogP contribution in [0.5, 0.6) is 0 Å². The first-order valence-electron chi connectivity index (χ1n) is 6.50. The highest BCUT2D eigenvalue weighted by Gasteiger charge is 2.39. The van der Waals surface area contributed by atoms with Gasteiger partial charge >= 0.3 is 0 Å². The number of piperidine rings is 1. The second-order valence-corrected chi connectivity index (χ2v) is 5.53. The summed E-state index contributed by atoms with van der Waals surface area (Å²) in [5, 5.41) is 9.31. The topological polar surface area (TPSA) is 23.5 Å². The maximum Gasteiger partial charge on any atom is 0.0564 e. The second-order valence-electron chi connectivity index (χ2n) is 5.53. The van der Waals surface area contributed by atoms with Gasteiger partial charge in [0.25, 0.3) is 0 Å². The Labute approximate surface area is 94.7 Å². The molecule has 0 aromatic carbocycles. The van der Waals surface area contributed by atoms with E-state index < -0.39 is 0 Å². The van der Waals surface area contributed by atoms with Crippen molar-refractivity contribution in [3.05, 3.63) is 0 Å². The van der Waals surface area contributed by atoms with Gasteiger partial charge in [0.05, 0.1) is 6.10 Å². The van der Waals surface area contributed by atoms with Gasteiger partial charge in [0, 0.05) is 19.6 Å². The molecule has 1 aliphatic carbocycles. The van der Waals surface area contributed by atoms with Crippen LogP contribution >= 0.6 is 0 Å². The van der Waals surface area contributed by atoms with Gasteiger partial charge in [0.1, 0.15) is 0 Å². The van der Waals surface area contributed by atoms with Crippen LogP contribution in [-0.2, 0) is 0 Å². The quantitative estimate of drug-likeness (QED) is 0.762. The minimum atomic E-state index is -0.0201. The summed E-state index contributed by atoms with van der Waals surface area (Å²) in [4.78, 5) is 2.51. The maximum absolute atomic E-state index is 9.31. The molecule has 0 aromatic rings. The van der Waals surface area contributed by atoms with Crippen LogP contribution in [0.3, 0.4) is 0 Å². The zero-order valence-electron chi connectivity index (χ0n) is 10.6. The summed E-state index contributed by atoms with van der Waals surface area (Å²) < 4.78 is 0. The molecule has 0 spiro atoms. The summed E-state index contributed by atoms with van der Waals surface area (Å²) in [5.41, 5.74) is 0.641. The molecule has 1 saturated heterocycles. The number of rotatable bonds is 2. The van der Waals surface area contributed by atoms with E-state index >= 15 is 0 Å². The Morgan fingerprint density at radius 1 is 1.20 bits per heavy atom. The van der Waals surface area contributed by atoms with Gasteiger partial charge < -0.3 is 10.0 Å². The first-order valence-corrected chi connectivity index (χ1v) is 6.50. The Morgan fingerprint density at radius 3 is 2.07 bits per heavy atom. The first kappa shape index (κ1) is 13.0. The molecule has 1 heterocycles. The van der Waals surface area contributed by atoms with Crippen molar-refractivity contribution in [1.29, 1.82) is 0 Å². The van der Waals surface area contributed by atoms with Gasteiger partial charge in [-0.05, 0) is 31.1 Å². The molecule has 15 heavy (non-hydrogen) atoms. The largest absolute Gasteiger partial charge is 0.393 e. The molecule has 0 amide bonds. The number of aliphatic hydroxyl groups excluding tert-OH is 1. The van der Waals surface area contributed by atoms with E-state index in [4.69, 9.17) is 0 Å². The van der Waals surface area contributed by atoms with Crippen molar-refractivity contribution < 1.29 is 5.11 Å². The highest BCUT2D eigenvalue weighted by molar-refractivity contribution is 4.92. The van der Waals surface area contributed by atoms with Crippen molar-refractivity contribution in [3.8, 4) is 0 Å². The lowest BCUT2D eigenvalue weighted by Gasteiger charge is -2.31. The normalized spacial score (nSPS) is 25.6. The molecule has 2 aliphatic rings. The summed E-state index contributed by atoms with van der Waals surface area (Å²) in [6.07, 6.45) is 6.01. The molecule has 0 bridgehead atoms. The van der Waals surface area contributed by atoms with Crippen LogP contribution in [0.4, 0.5) is 0 Å². The van der Waals surface area contributed by atoms with Gasteiger partial charge in [0.15, 0.2) is 0 Å². The molecule has 90 valence electrons. The minimum absolute atomic E-state index is 0.0201. The van der Waals surface area contributed by atoms with Gasteiger partial charge in [0.2, 0.25) is 0 Å². The number of likely N-dealkylation sites (tertiary alicyclic amines) is 1. The van der Waals surface area contributed by atoms with Gasteiger partial charge in [-0.1, -0.05) is 27.2 Å². The standard InChI is InChI=1S/C10H19NO.C3H8/c1-10(4-5-10)8-11-6-2-9(12)3-7-11;1-3-2/h9,12H,2-8H2,1H3;3H2,1-2H3. The summed E-state index contributed by atoms with van der Waals surface area (Å²) in [6.45, 7) is 10.1. The molecule has 1 N–H and O–H groups in total. The van der Waals surface area contributed by atoms with E-state index in [2.05, 4.69) is 25.7 Å². The zero-order chi connectivity index (χ0) is 11.3. The minimum Gasteiger partial charge on any atom is -0.393 e. The van der Waals surface area contributed by atoms with Gasteiger partial charge in [-0.25, -0.2) is 0 Å². The van der Waals surface area contributed by atoms with E-state index in [9.17, 15) is 5.11 Å². The van der Waals surface area contributed by atoms with Crippen molar-refractivity contribution in [2.75, 3.05) is 19.6 Å². The molecule has 0 radical (unpaired) electrons. The van der Waals surface area contributed by atoms with Crippen LogP contribution in [0.2, 0.25) is 0 Å². The lowest BCUT2D eigenvalue weighted by atomic mass is 10.0. The van der Waals surface area contributed by atoms with E-state index in [0.29, 0.717) is 5.41 Å². The Hall–Kier alpha value is -0.0800. The smallest absolute Gasteiger partial charge is 0.0564 e. The van der Waals surface area contributed by atoms with Crippen molar-refractivity contribution in [2.24, 2.45) is 5.41 Å². The fourth-order valence-corrected chi connectivity index (χ4v) is 1.99. The predicted octanol–water partition coefficient (Wildman–Crippen LogP) is 2.66. The molecular weight excluding hydrogens is 186 g/mol. The van der Waals surface area contributed by atoms with Gasteiger partial charge in [-0.3, -0.25) is 0 Å². The van der Waals surface area contributed by atoms with Crippen LogP contribution in [0.25, 0.3) is 0 Å². The lowest BCUT2D eigenvalue weighted by Crippen LogP contribution is -2.38. The van der Waals surface area contributed by atoms with Crippen molar-refractivity contribution in [1.82, 2.24) is 4.90 Å². The Morgan fingerprint density at radius 2 is 1.67 bits per heavy atom. The molecule has 2 fully saturated rings. The van der Waals surface area contributed by atoms with E-state index in [1.54, 1.807) is 0 Å². The van der Waals surface area contributed by atoms with Crippen LogP contribution in [0.15, 0.2) is 0 Å². The first-order chi connectivity index (χ1) is 7.09. The number of hydrogen-bond donors (Lipinski definition) is 1. The fraction of sp³-hybridized carbons (Fsp3) is 1.00. The SMILES string of the molecule is CC1(CN2CCC(O)CC2)CC1.CCC. The van der Waals surface area contributed by atoms with E-state index in [1.807, 2.05) is 0 Å². The Bertz CT molecular complexity index is 169. The van der Waals surface area contributed by atoms with Crippen LogP contribution in [-0.4, -0.2) is 35.7 Å². The Balaban J connectivity index is 0.000000337. The van der Waals surface area contributed by atoms with Crippen LogP contribution in [0, 0.1) is 5.41 Å². The van der Waals surface area contributed by atoms with Crippen molar-refractivity contribution >= 4 is 0 Å². The molecular formula is C13H27NO. The molecule has 1 saturated carbocycles. The molecule has 0 atom stereocenters. The molecule has 2 heteroatoms. The van der Waals surface area contributed by atoms with Crippen molar-refractivity contribution in [2.45, 2.75) is 59.0 Å². The molecule has 0 aromatic heterocycles. The van der Waals surface area contributed by atoms with E-state index in [0.717, 1.165) is 25.9 Å². The summed E-state index contributed by atoms with van der Waals surface area (Å²) in [7, 11) is 0. The third-order valence-corrected chi connectivity index (χ3v) is 3.27. The van der Waals surface area contributed by atoms with Gasteiger partial charge in [-0.2, -0.15) is 0 Å². The average Bonchev–Trinajstić information content (AvgIpc) is 2.89. The van der Waals surface area contributed by atoms with Crippen molar-refractivity contribution in [3.63, 3.8) is 0 Å². The number of nitrogens with zero attached hydrogens (tertiary/aromatic N) is 1. The highest BCUT2D eigenvalue weighted by atomic mass is 16.3. The Kier molecular flexibility index (Phi) is 5.07. The second kappa shape index (κ2) is 5.86. The fourth-order valence-electron chi connectivity index (χ4n) is 1.99. The molecule has 1 aliphatic heterocycles. The van der Waals surface area contributed by atoms with E-state index in [1.165, 1.54) is 25.8 Å². The number of hydrogen-bond acceptors (Lipinski definition) is 2. The highest BCUT2D eigenvalue weighted by Crippen LogP contribution is 2.45. The molecule has 2 rings (SSSR count). The third-order valence-electron chi connectivity index (χ3n) is 3.27. The van der Waals surface area contributed by atoms with Crippen LogP contribution in [0.1, 0.15) is 52.9 Å². The third kappa shape index (κ3) is 4.98. The zero-order valence-corrected chi connectivity index (χ0v) is 10.6. The maximum atomic E-state index is 9.31. The monoisotopic (exact) mass is 213 g/mol. The number of aliphatic hydroxyl groups is 1. The molecule has 2 nitrogen and oxygen atoms in total. The van der Waals surface area contributed by atoms with E-state index in [-0.39, 0.29) is 6.10 Å². The summed E-state index contributed by atoms with van der Waals surface area (Å²) in [6, 6.07) is 0. The molecule has 0 unspecified atom stereocenters. The lowest BCUT2D eigenvalue weighted by molar-refractivity contribution is 0.0738. The average molecular weight is 213 g/mol. The van der Waals surface area contributed by atoms with Gasteiger partial charge in [-0.15, -0.1) is 0 Å². The summed E-state index contributed by atoms with van der Waals surface area (Å²) in [5.74, 6) is 0. The summed E-state index contributed by atoms with van der Waals surface area (Å²) >= 11 is 0. The predicted molar refractivity (Wildman–Crippen MR) is 65.0 cm³/mol. The van der Waals surface area contributed by atoms with Crippen LogP contribution < -0.4 is 0 Å².